The molecule has 68 heavy (non-hydrogen) atoms. The molecular formula is C61H48BN3OS2. The summed E-state index contributed by atoms with van der Waals surface area (Å²) in [5, 5.41) is 7.89. The lowest BCUT2D eigenvalue weighted by molar-refractivity contribution is 0.332. The molecule has 1 aliphatic carbocycles. The lowest BCUT2D eigenvalue weighted by Gasteiger charge is -2.42. The normalized spacial score (nSPS) is 15.9. The maximum atomic E-state index is 6.73. The summed E-state index contributed by atoms with van der Waals surface area (Å²) in [4.78, 5) is 7.91. The summed E-state index contributed by atoms with van der Waals surface area (Å²) in [6.45, 7) is 16.6. The second-order valence-electron chi connectivity index (χ2n) is 22.2. The number of rotatable bonds is 2. The Kier molecular flexibility index (Phi) is 7.58. The second-order valence-corrected chi connectivity index (χ2v) is 24.4. The van der Waals surface area contributed by atoms with E-state index in [0.29, 0.717) is 5.89 Å². The SMILES string of the molecule is CC(C)(C)c1ccc(N2B3c4cc5nc(-c6ccccc6)oc5cc4-n4c5cc6sc7ccccc7c6cc5c5ccc(c3c54)-c3cc4sc5cc6c(cc5c4cc32)C(C)(C)CCC6(C)C)cc1. The van der Waals surface area contributed by atoms with Crippen LogP contribution in [-0.4, -0.2) is 16.4 Å². The number of nitrogens with zero attached hydrogens (tertiary/aromatic N) is 3. The zero-order valence-corrected chi connectivity index (χ0v) is 41.0. The van der Waals surface area contributed by atoms with Gasteiger partial charge in [-0.1, -0.05) is 109 Å². The van der Waals surface area contributed by atoms with Crippen molar-refractivity contribution in [1.82, 2.24) is 9.55 Å². The van der Waals surface area contributed by atoms with Crippen LogP contribution in [0.2, 0.25) is 0 Å². The van der Waals surface area contributed by atoms with Crippen LogP contribution in [0.5, 0.6) is 0 Å². The Morgan fingerprint density at radius 2 is 1.28 bits per heavy atom. The summed E-state index contributed by atoms with van der Waals surface area (Å²) in [6, 6.07) is 53.2. The summed E-state index contributed by atoms with van der Waals surface area (Å²) < 4.78 is 14.6. The van der Waals surface area contributed by atoms with Crippen molar-refractivity contribution in [3.05, 3.63) is 156 Å². The summed E-state index contributed by atoms with van der Waals surface area (Å²) in [5.41, 5.74) is 18.5. The van der Waals surface area contributed by atoms with Crippen LogP contribution in [-0.2, 0) is 16.2 Å². The van der Waals surface area contributed by atoms with Gasteiger partial charge in [-0.25, -0.2) is 4.98 Å². The molecule has 12 aromatic rings. The number of thiophene rings is 2. The number of aromatic nitrogens is 2. The smallest absolute Gasteiger partial charge is 0.333 e. The maximum absolute atomic E-state index is 6.73. The molecule has 4 nitrogen and oxygen atoms in total. The van der Waals surface area contributed by atoms with E-state index in [2.05, 4.69) is 191 Å². The van der Waals surface area contributed by atoms with Crippen molar-refractivity contribution in [3.63, 3.8) is 0 Å². The van der Waals surface area contributed by atoms with E-state index in [1.165, 1.54) is 125 Å². The van der Waals surface area contributed by atoms with Crippen molar-refractivity contribution in [2.75, 3.05) is 4.81 Å². The lowest BCUT2D eigenvalue weighted by atomic mass is 9.44. The van der Waals surface area contributed by atoms with E-state index in [4.69, 9.17) is 9.40 Å². The Morgan fingerprint density at radius 3 is 2.07 bits per heavy atom. The van der Waals surface area contributed by atoms with Crippen LogP contribution < -0.4 is 15.7 Å². The van der Waals surface area contributed by atoms with Gasteiger partial charge in [-0.15, -0.1) is 22.7 Å². The van der Waals surface area contributed by atoms with Crippen molar-refractivity contribution in [2.24, 2.45) is 0 Å². The van der Waals surface area contributed by atoms with Gasteiger partial charge in [-0.2, -0.15) is 0 Å². The minimum absolute atomic E-state index is 0.0207. The zero-order valence-electron chi connectivity index (χ0n) is 39.3. The Labute approximate surface area is 403 Å². The minimum Gasteiger partial charge on any atom is -0.436 e. The third-order valence-corrected chi connectivity index (χ3v) is 18.5. The Morgan fingerprint density at radius 1 is 0.588 bits per heavy atom. The van der Waals surface area contributed by atoms with Crippen LogP contribution in [0.25, 0.3) is 102 Å². The fourth-order valence-electron chi connectivity index (χ4n) is 12.5. The third kappa shape index (κ3) is 5.24. The van der Waals surface area contributed by atoms with Gasteiger partial charge in [0.1, 0.15) is 5.52 Å². The van der Waals surface area contributed by atoms with Crippen molar-refractivity contribution >= 4 is 125 Å². The lowest BCUT2D eigenvalue weighted by Crippen LogP contribution is -2.60. The number of anilines is 2. The fraction of sp³-hybridized carbons (Fsp3) is 0.197. The van der Waals surface area contributed by atoms with Crippen LogP contribution >= 0.6 is 22.7 Å². The molecule has 0 saturated carbocycles. The van der Waals surface area contributed by atoms with Crippen molar-refractivity contribution < 1.29 is 4.42 Å². The molecule has 3 aliphatic rings. The molecule has 0 spiro atoms. The molecule has 2 aliphatic heterocycles. The minimum atomic E-state index is -0.147. The number of benzene rings is 8. The third-order valence-electron chi connectivity index (χ3n) is 16.2. The first kappa shape index (κ1) is 39.3. The molecule has 0 unspecified atom stereocenters. The summed E-state index contributed by atoms with van der Waals surface area (Å²) >= 11 is 3.85. The number of oxazole rings is 1. The zero-order chi connectivity index (χ0) is 45.7. The van der Waals surface area contributed by atoms with Crippen LogP contribution in [0.1, 0.15) is 78.0 Å². The quantitative estimate of drug-likeness (QED) is 0.162. The molecule has 0 amide bonds. The predicted molar refractivity (Wildman–Crippen MR) is 293 cm³/mol. The van der Waals surface area contributed by atoms with E-state index in [-0.39, 0.29) is 23.1 Å². The topological polar surface area (TPSA) is 34.2 Å². The van der Waals surface area contributed by atoms with Crippen molar-refractivity contribution in [2.45, 2.75) is 77.6 Å². The fourth-order valence-corrected chi connectivity index (χ4v) is 14.7. The molecule has 6 heterocycles. The Balaban J connectivity index is 1.08. The van der Waals surface area contributed by atoms with E-state index in [9.17, 15) is 0 Å². The van der Waals surface area contributed by atoms with E-state index >= 15 is 0 Å². The molecule has 0 bridgehead atoms. The highest BCUT2D eigenvalue weighted by molar-refractivity contribution is 7.26. The van der Waals surface area contributed by atoms with Gasteiger partial charge in [0.05, 0.1) is 11.0 Å². The molecule has 0 N–H and O–H groups in total. The first-order chi connectivity index (χ1) is 32.8. The average molecular weight is 914 g/mol. The number of hydrogen-bond acceptors (Lipinski definition) is 5. The van der Waals surface area contributed by atoms with Gasteiger partial charge in [0.25, 0.3) is 0 Å². The molecule has 0 radical (unpaired) electrons. The highest BCUT2D eigenvalue weighted by atomic mass is 32.1. The predicted octanol–water partition coefficient (Wildman–Crippen LogP) is 16.2. The molecular weight excluding hydrogens is 866 g/mol. The number of fused-ring (bicyclic) bond motifs is 16. The first-order valence-corrected chi connectivity index (χ1v) is 25.8. The van der Waals surface area contributed by atoms with Crippen LogP contribution in [0, 0.1) is 0 Å². The molecule has 15 rings (SSSR count). The molecule has 0 fully saturated rings. The standard InChI is InChI=1S/C61H48BN3OS2/c1-59(2,3)34-17-19-35(20-18-34)65-49-27-43-42-26-44-45(61(6,7)24-23-60(44,4)5)29-54(42)68-53(43)28-40(49)37-21-22-38-39-25-41-36-15-11-12-16-52(36)67-55(41)32-48(39)64-50-31-51-47(30-46(50)62(65)56(37)57(38)64)63-58(66-51)33-13-9-8-10-14-33/h8-22,25-32H,23-24H2,1-7H3. The first-order valence-electron chi connectivity index (χ1n) is 24.2. The molecule has 4 aromatic heterocycles. The maximum Gasteiger partial charge on any atom is 0.333 e. The van der Waals surface area contributed by atoms with Gasteiger partial charge in [0.2, 0.25) is 5.89 Å². The van der Waals surface area contributed by atoms with Gasteiger partial charge >= 0.3 is 6.85 Å². The van der Waals surface area contributed by atoms with E-state index in [1.54, 1.807) is 0 Å². The summed E-state index contributed by atoms with van der Waals surface area (Å²) in [6.07, 6.45) is 2.40. The Bertz CT molecular complexity index is 4200. The van der Waals surface area contributed by atoms with Crippen LogP contribution in [0.15, 0.2) is 144 Å². The number of hydrogen-bond donors (Lipinski definition) is 0. The Hall–Kier alpha value is -6.67. The van der Waals surface area contributed by atoms with Crippen LogP contribution in [0.4, 0.5) is 11.4 Å². The molecule has 8 aromatic carbocycles. The van der Waals surface area contributed by atoms with Gasteiger partial charge in [0.15, 0.2) is 5.58 Å². The summed E-state index contributed by atoms with van der Waals surface area (Å²) in [7, 11) is 0. The van der Waals surface area contributed by atoms with Crippen molar-refractivity contribution in [3.8, 4) is 28.3 Å². The summed E-state index contributed by atoms with van der Waals surface area (Å²) in [5.74, 6) is 0.639. The molecule has 0 saturated heterocycles. The highest BCUT2D eigenvalue weighted by Crippen LogP contribution is 2.53. The van der Waals surface area contributed by atoms with Crippen molar-refractivity contribution in [1.29, 1.82) is 0 Å². The van der Waals surface area contributed by atoms with Gasteiger partial charge < -0.3 is 13.8 Å². The second kappa shape index (κ2) is 13.1. The van der Waals surface area contributed by atoms with Gasteiger partial charge in [-0.3, -0.25) is 0 Å². The van der Waals surface area contributed by atoms with Crippen LogP contribution in [0.3, 0.4) is 0 Å². The highest BCUT2D eigenvalue weighted by Gasteiger charge is 2.45. The van der Waals surface area contributed by atoms with E-state index in [1.807, 2.05) is 28.7 Å². The van der Waals surface area contributed by atoms with E-state index < -0.39 is 0 Å². The van der Waals surface area contributed by atoms with Gasteiger partial charge in [0, 0.05) is 85.4 Å². The van der Waals surface area contributed by atoms with Gasteiger partial charge in [-0.05, 0) is 135 Å². The monoisotopic (exact) mass is 913 g/mol. The molecule has 0 atom stereocenters. The average Bonchev–Trinajstić information content (AvgIpc) is 4.10. The largest absolute Gasteiger partial charge is 0.436 e. The molecule has 7 heteroatoms. The molecule has 328 valence electrons. The van der Waals surface area contributed by atoms with E-state index in [0.717, 1.165) is 22.4 Å².